The first-order valence-corrected chi connectivity index (χ1v) is 8.92. The van der Waals surface area contributed by atoms with Crippen LogP contribution in [0.3, 0.4) is 0 Å². The van der Waals surface area contributed by atoms with Crippen LogP contribution in [-0.4, -0.2) is 37.1 Å². The van der Waals surface area contributed by atoms with E-state index in [2.05, 4.69) is 45.0 Å². The van der Waals surface area contributed by atoms with E-state index in [4.69, 9.17) is 0 Å². The summed E-state index contributed by atoms with van der Waals surface area (Å²) in [5.41, 5.74) is 0. The summed E-state index contributed by atoms with van der Waals surface area (Å²) in [7, 11) is 2.26. The van der Waals surface area contributed by atoms with E-state index in [0.29, 0.717) is 6.04 Å². The summed E-state index contributed by atoms with van der Waals surface area (Å²) >= 11 is 0. The molecular weight excluding hydrogens is 244 g/mol. The van der Waals surface area contributed by atoms with Crippen LogP contribution in [0.2, 0.25) is 0 Å². The molecule has 2 fully saturated rings. The maximum atomic E-state index is 4.05. The van der Waals surface area contributed by atoms with Crippen LogP contribution < -0.4 is 5.32 Å². The van der Waals surface area contributed by atoms with Crippen molar-refractivity contribution in [3.05, 3.63) is 0 Å². The molecule has 118 valence electrons. The van der Waals surface area contributed by atoms with Gasteiger partial charge >= 0.3 is 0 Å². The van der Waals surface area contributed by atoms with Crippen LogP contribution in [0.4, 0.5) is 0 Å². The maximum Gasteiger partial charge on any atom is 0.0103 e. The van der Waals surface area contributed by atoms with Crippen LogP contribution in [0.1, 0.15) is 59.8 Å². The van der Waals surface area contributed by atoms with Crippen LogP contribution in [0.5, 0.6) is 0 Å². The second kappa shape index (κ2) is 7.26. The quantitative estimate of drug-likeness (QED) is 0.843. The van der Waals surface area contributed by atoms with Crippen molar-refractivity contribution in [1.82, 2.24) is 10.2 Å². The number of rotatable bonds is 4. The Morgan fingerprint density at radius 3 is 2.25 bits per heavy atom. The standard InChI is InChI=1S/C18H36N2/c1-13(2)17-7-6-14(3)12-18(17)19-15(4)16-8-10-20(5)11-9-16/h13-19H,6-12H2,1-5H3. The first-order chi connectivity index (χ1) is 9.47. The van der Waals surface area contributed by atoms with Crippen molar-refractivity contribution < 1.29 is 0 Å². The monoisotopic (exact) mass is 280 g/mol. The minimum absolute atomic E-state index is 0.695. The molecule has 2 heteroatoms. The number of hydrogen-bond acceptors (Lipinski definition) is 2. The van der Waals surface area contributed by atoms with Crippen molar-refractivity contribution >= 4 is 0 Å². The zero-order valence-corrected chi connectivity index (χ0v) is 14.4. The Bertz CT molecular complexity index is 281. The van der Waals surface area contributed by atoms with Gasteiger partial charge in [-0.25, -0.2) is 0 Å². The maximum absolute atomic E-state index is 4.05. The molecule has 0 bridgehead atoms. The molecule has 1 saturated heterocycles. The van der Waals surface area contributed by atoms with Gasteiger partial charge in [-0.1, -0.05) is 27.2 Å². The fourth-order valence-corrected chi connectivity index (χ4v) is 4.40. The molecule has 0 amide bonds. The predicted molar refractivity (Wildman–Crippen MR) is 87.9 cm³/mol. The second-order valence-corrected chi connectivity index (χ2v) is 8.03. The van der Waals surface area contributed by atoms with E-state index in [1.54, 1.807) is 0 Å². The average molecular weight is 280 g/mol. The minimum Gasteiger partial charge on any atom is -0.311 e. The molecular formula is C18H36N2. The van der Waals surface area contributed by atoms with Gasteiger partial charge in [-0.15, -0.1) is 0 Å². The molecule has 2 rings (SSSR count). The van der Waals surface area contributed by atoms with Gasteiger partial charge in [0.05, 0.1) is 0 Å². The number of hydrogen-bond donors (Lipinski definition) is 1. The molecule has 1 saturated carbocycles. The van der Waals surface area contributed by atoms with Crippen molar-refractivity contribution in [3.8, 4) is 0 Å². The normalized spacial score (nSPS) is 35.4. The summed E-state index contributed by atoms with van der Waals surface area (Å²) in [6, 6.07) is 1.45. The van der Waals surface area contributed by atoms with E-state index in [-0.39, 0.29) is 0 Å². The van der Waals surface area contributed by atoms with Crippen molar-refractivity contribution in [3.63, 3.8) is 0 Å². The second-order valence-electron chi connectivity index (χ2n) is 8.03. The lowest BCUT2D eigenvalue weighted by atomic mass is 9.73. The van der Waals surface area contributed by atoms with Crippen LogP contribution in [-0.2, 0) is 0 Å². The number of piperidine rings is 1. The molecule has 4 atom stereocenters. The van der Waals surface area contributed by atoms with Gasteiger partial charge in [0.2, 0.25) is 0 Å². The van der Waals surface area contributed by atoms with E-state index in [0.717, 1.165) is 29.7 Å². The first-order valence-electron chi connectivity index (χ1n) is 8.92. The molecule has 1 aliphatic heterocycles. The summed E-state index contributed by atoms with van der Waals surface area (Å²) in [5.74, 6) is 3.51. The molecule has 1 N–H and O–H groups in total. The van der Waals surface area contributed by atoms with Gasteiger partial charge in [-0.05, 0) is 76.4 Å². The highest BCUT2D eigenvalue weighted by molar-refractivity contribution is 4.89. The third kappa shape index (κ3) is 4.21. The molecule has 2 nitrogen and oxygen atoms in total. The molecule has 0 spiro atoms. The Morgan fingerprint density at radius 2 is 1.65 bits per heavy atom. The predicted octanol–water partition coefficient (Wildman–Crippen LogP) is 3.77. The SMILES string of the molecule is CC1CCC(C(C)C)C(NC(C)C2CCN(C)CC2)C1. The molecule has 1 aliphatic carbocycles. The Morgan fingerprint density at radius 1 is 1.00 bits per heavy atom. The third-order valence-electron chi connectivity index (χ3n) is 5.97. The number of nitrogens with zero attached hydrogens (tertiary/aromatic N) is 1. The van der Waals surface area contributed by atoms with E-state index in [1.165, 1.54) is 45.2 Å². The molecule has 0 radical (unpaired) electrons. The Kier molecular flexibility index (Phi) is 5.92. The fourth-order valence-electron chi connectivity index (χ4n) is 4.40. The van der Waals surface area contributed by atoms with E-state index in [9.17, 15) is 0 Å². The molecule has 0 aromatic carbocycles. The molecule has 0 aromatic rings. The number of likely N-dealkylation sites (tertiary alicyclic amines) is 1. The van der Waals surface area contributed by atoms with E-state index < -0.39 is 0 Å². The summed E-state index contributed by atoms with van der Waals surface area (Å²) in [6.45, 7) is 12.3. The zero-order valence-electron chi connectivity index (χ0n) is 14.4. The highest BCUT2D eigenvalue weighted by Crippen LogP contribution is 2.34. The molecule has 20 heavy (non-hydrogen) atoms. The zero-order chi connectivity index (χ0) is 14.7. The Hall–Kier alpha value is -0.0800. The van der Waals surface area contributed by atoms with Crippen LogP contribution in [0.15, 0.2) is 0 Å². The highest BCUT2D eigenvalue weighted by Gasteiger charge is 2.33. The molecule has 4 unspecified atom stereocenters. The molecule has 1 heterocycles. The average Bonchev–Trinajstić information content (AvgIpc) is 2.39. The van der Waals surface area contributed by atoms with Crippen LogP contribution in [0, 0.1) is 23.7 Å². The fraction of sp³-hybridized carbons (Fsp3) is 1.00. The van der Waals surface area contributed by atoms with Gasteiger partial charge < -0.3 is 10.2 Å². The van der Waals surface area contributed by atoms with Crippen molar-refractivity contribution in [1.29, 1.82) is 0 Å². The summed E-state index contributed by atoms with van der Waals surface area (Å²) in [6.07, 6.45) is 7.00. The van der Waals surface area contributed by atoms with Crippen molar-refractivity contribution in [2.24, 2.45) is 23.7 Å². The lowest BCUT2D eigenvalue weighted by Crippen LogP contribution is -2.50. The van der Waals surface area contributed by atoms with Gasteiger partial charge in [0, 0.05) is 12.1 Å². The number of nitrogens with one attached hydrogen (secondary N) is 1. The lowest BCUT2D eigenvalue weighted by molar-refractivity contribution is 0.130. The van der Waals surface area contributed by atoms with Gasteiger partial charge in [-0.3, -0.25) is 0 Å². The third-order valence-corrected chi connectivity index (χ3v) is 5.97. The van der Waals surface area contributed by atoms with Gasteiger partial charge in [0.25, 0.3) is 0 Å². The molecule has 0 aromatic heterocycles. The summed E-state index contributed by atoms with van der Waals surface area (Å²) < 4.78 is 0. The Balaban J connectivity index is 1.88. The topological polar surface area (TPSA) is 15.3 Å². The first kappa shape index (κ1) is 16.3. The van der Waals surface area contributed by atoms with Crippen LogP contribution in [0.25, 0.3) is 0 Å². The van der Waals surface area contributed by atoms with E-state index in [1.807, 2.05) is 0 Å². The van der Waals surface area contributed by atoms with Gasteiger partial charge in [0.15, 0.2) is 0 Å². The van der Waals surface area contributed by atoms with Crippen molar-refractivity contribution in [2.75, 3.05) is 20.1 Å². The largest absolute Gasteiger partial charge is 0.311 e. The Labute approximate surface area is 126 Å². The van der Waals surface area contributed by atoms with E-state index >= 15 is 0 Å². The lowest BCUT2D eigenvalue weighted by Gasteiger charge is -2.42. The molecule has 2 aliphatic rings. The van der Waals surface area contributed by atoms with Gasteiger partial charge in [0.1, 0.15) is 0 Å². The smallest absolute Gasteiger partial charge is 0.0103 e. The summed E-state index contributed by atoms with van der Waals surface area (Å²) in [4.78, 5) is 2.48. The highest BCUT2D eigenvalue weighted by atomic mass is 15.1. The van der Waals surface area contributed by atoms with Crippen LogP contribution >= 0.6 is 0 Å². The minimum atomic E-state index is 0.695. The summed E-state index contributed by atoms with van der Waals surface area (Å²) in [5, 5.41) is 4.05. The van der Waals surface area contributed by atoms with Crippen molar-refractivity contribution in [2.45, 2.75) is 71.9 Å². The van der Waals surface area contributed by atoms with Gasteiger partial charge in [-0.2, -0.15) is 0 Å².